The molecule has 1 aromatic carbocycles. The molecule has 2 aliphatic rings. The first-order chi connectivity index (χ1) is 12.6. The monoisotopic (exact) mass is 396 g/mol. The third-order valence-corrected chi connectivity index (χ3v) is 6.42. The largest absolute Gasteiger partial charge is 0.387 e. The minimum atomic E-state index is -0.623. The summed E-state index contributed by atoms with van der Waals surface area (Å²) in [5, 5.41) is 14.7. The number of hydrogen-bond acceptors (Lipinski definition) is 4. The summed E-state index contributed by atoms with van der Waals surface area (Å²) >= 11 is 7.78. The number of piperazine rings is 1. The van der Waals surface area contributed by atoms with Gasteiger partial charge in [0, 0.05) is 50.0 Å². The van der Waals surface area contributed by atoms with Crippen LogP contribution in [0.15, 0.2) is 29.3 Å². The fraction of sp³-hybridized carbons (Fsp3) is 0.632. The Balaban J connectivity index is 1.53. The van der Waals surface area contributed by atoms with Crippen LogP contribution in [0, 0.1) is 0 Å². The number of nitrogens with one attached hydrogen (secondary N) is 1. The maximum absolute atomic E-state index is 10.5. The van der Waals surface area contributed by atoms with Gasteiger partial charge in [0.15, 0.2) is 5.96 Å². The third kappa shape index (κ3) is 5.52. The molecule has 0 bridgehead atoms. The molecule has 0 spiro atoms. The van der Waals surface area contributed by atoms with Gasteiger partial charge in [-0.25, -0.2) is 0 Å². The summed E-state index contributed by atoms with van der Waals surface area (Å²) in [4.78, 5) is 9.52. The Bertz CT molecular complexity index is 596. The Labute approximate surface area is 165 Å². The summed E-state index contributed by atoms with van der Waals surface area (Å²) in [6.07, 6.45) is 0.843. The average molecular weight is 397 g/mol. The molecule has 144 valence electrons. The van der Waals surface area contributed by atoms with Gasteiger partial charge in [-0.05, 0) is 36.8 Å². The van der Waals surface area contributed by atoms with Crippen molar-refractivity contribution in [2.24, 2.45) is 4.99 Å². The van der Waals surface area contributed by atoms with Crippen LogP contribution in [0.5, 0.6) is 0 Å². The van der Waals surface area contributed by atoms with Crippen molar-refractivity contribution in [3.05, 3.63) is 34.9 Å². The number of nitrogens with zero attached hydrogens (tertiary/aromatic N) is 3. The zero-order valence-corrected chi connectivity index (χ0v) is 17.0. The van der Waals surface area contributed by atoms with Crippen LogP contribution >= 0.6 is 23.4 Å². The molecule has 0 radical (unpaired) electrons. The van der Waals surface area contributed by atoms with E-state index in [1.807, 2.05) is 23.9 Å². The molecule has 1 atom stereocenters. The molecule has 1 aromatic rings. The molecule has 0 aliphatic carbocycles. The second kappa shape index (κ2) is 9.31. The maximum atomic E-state index is 10.5. The van der Waals surface area contributed by atoms with Gasteiger partial charge in [-0.15, -0.1) is 0 Å². The van der Waals surface area contributed by atoms with Crippen molar-refractivity contribution in [1.82, 2.24) is 15.1 Å². The minimum absolute atomic E-state index is 0.493. The first-order valence-electron chi connectivity index (χ1n) is 9.38. The molecule has 2 aliphatic heterocycles. The van der Waals surface area contributed by atoms with Gasteiger partial charge in [0.2, 0.25) is 0 Å². The standard InChI is InChI=1S/C19H29ClN4OS/c1-2-21-18(22-14-19(25)7-12-26-15-19)24-10-8-23(9-11-24)13-16-3-5-17(20)6-4-16/h3-6,25H,2,7-15H2,1H3,(H,21,22). The molecule has 7 heteroatoms. The molecule has 2 fully saturated rings. The normalized spacial score (nSPS) is 24.9. The summed E-state index contributed by atoms with van der Waals surface area (Å²) in [5.41, 5.74) is 0.672. The molecule has 5 nitrogen and oxygen atoms in total. The van der Waals surface area contributed by atoms with Gasteiger partial charge in [-0.1, -0.05) is 23.7 Å². The van der Waals surface area contributed by atoms with Crippen molar-refractivity contribution in [2.45, 2.75) is 25.5 Å². The number of aliphatic hydroxyl groups is 1. The molecule has 0 saturated carbocycles. The molecular formula is C19H29ClN4OS. The highest BCUT2D eigenvalue weighted by molar-refractivity contribution is 7.99. The Kier molecular flexibility index (Phi) is 7.09. The van der Waals surface area contributed by atoms with Crippen LogP contribution in [-0.4, -0.2) is 77.2 Å². The van der Waals surface area contributed by atoms with Crippen LogP contribution in [0.25, 0.3) is 0 Å². The number of hydrogen-bond donors (Lipinski definition) is 2. The number of guanidine groups is 1. The topological polar surface area (TPSA) is 51.1 Å². The summed E-state index contributed by atoms with van der Waals surface area (Å²) < 4.78 is 0. The average Bonchev–Trinajstić information content (AvgIpc) is 3.08. The number of halogens is 1. The van der Waals surface area contributed by atoms with E-state index in [0.29, 0.717) is 6.54 Å². The fourth-order valence-corrected chi connectivity index (χ4v) is 4.75. The number of aliphatic imine (C=N–C) groups is 1. The van der Waals surface area contributed by atoms with E-state index in [4.69, 9.17) is 16.6 Å². The second-order valence-corrected chi connectivity index (χ2v) is 8.63. The van der Waals surface area contributed by atoms with Gasteiger partial charge < -0.3 is 15.3 Å². The Hall–Kier alpha value is -0.950. The van der Waals surface area contributed by atoms with Crippen LogP contribution in [0.2, 0.25) is 5.02 Å². The van der Waals surface area contributed by atoms with Crippen molar-refractivity contribution in [2.75, 3.05) is 50.8 Å². The summed E-state index contributed by atoms with van der Waals surface area (Å²) in [6, 6.07) is 8.10. The van der Waals surface area contributed by atoms with E-state index in [2.05, 4.69) is 34.2 Å². The van der Waals surface area contributed by atoms with Crippen molar-refractivity contribution < 1.29 is 5.11 Å². The van der Waals surface area contributed by atoms with E-state index < -0.39 is 5.60 Å². The van der Waals surface area contributed by atoms with Crippen LogP contribution in [0.4, 0.5) is 0 Å². The highest BCUT2D eigenvalue weighted by Gasteiger charge is 2.32. The fourth-order valence-electron chi connectivity index (χ4n) is 3.33. The first kappa shape index (κ1) is 19.8. The minimum Gasteiger partial charge on any atom is -0.387 e. The zero-order chi connectivity index (χ0) is 18.4. The van der Waals surface area contributed by atoms with Gasteiger partial charge in [0.1, 0.15) is 0 Å². The molecule has 26 heavy (non-hydrogen) atoms. The van der Waals surface area contributed by atoms with E-state index in [9.17, 15) is 5.11 Å². The van der Waals surface area contributed by atoms with Gasteiger partial charge in [0.25, 0.3) is 0 Å². The number of benzene rings is 1. The molecule has 3 rings (SSSR count). The number of rotatable bonds is 5. The lowest BCUT2D eigenvalue weighted by Crippen LogP contribution is -2.52. The predicted molar refractivity (Wildman–Crippen MR) is 111 cm³/mol. The van der Waals surface area contributed by atoms with Crippen LogP contribution < -0.4 is 5.32 Å². The van der Waals surface area contributed by atoms with E-state index >= 15 is 0 Å². The highest BCUT2D eigenvalue weighted by atomic mass is 35.5. The molecule has 1 unspecified atom stereocenters. The number of thioether (sulfide) groups is 1. The molecule has 2 N–H and O–H groups in total. The summed E-state index contributed by atoms with van der Waals surface area (Å²) in [6.45, 7) is 8.30. The Morgan fingerprint density at radius 2 is 2.00 bits per heavy atom. The van der Waals surface area contributed by atoms with E-state index in [1.165, 1.54) is 5.56 Å². The molecule has 0 aromatic heterocycles. The Morgan fingerprint density at radius 1 is 1.27 bits per heavy atom. The van der Waals surface area contributed by atoms with Gasteiger partial charge in [-0.3, -0.25) is 9.89 Å². The zero-order valence-electron chi connectivity index (χ0n) is 15.5. The van der Waals surface area contributed by atoms with Crippen LogP contribution in [-0.2, 0) is 6.54 Å². The van der Waals surface area contributed by atoms with Crippen molar-refractivity contribution in [3.63, 3.8) is 0 Å². The first-order valence-corrected chi connectivity index (χ1v) is 10.9. The molecule has 2 saturated heterocycles. The van der Waals surface area contributed by atoms with Crippen molar-refractivity contribution >= 4 is 29.3 Å². The quantitative estimate of drug-likeness (QED) is 0.590. The maximum Gasteiger partial charge on any atom is 0.194 e. The van der Waals surface area contributed by atoms with E-state index in [-0.39, 0.29) is 0 Å². The van der Waals surface area contributed by atoms with Crippen LogP contribution in [0.3, 0.4) is 0 Å². The summed E-state index contributed by atoms with van der Waals surface area (Å²) in [5.74, 6) is 2.76. The van der Waals surface area contributed by atoms with Crippen molar-refractivity contribution in [3.8, 4) is 0 Å². The molecule has 0 amide bonds. The predicted octanol–water partition coefficient (Wildman–Crippen LogP) is 2.29. The Morgan fingerprint density at radius 3 is 2.62 bits per heavy atom. The lowest BCUT2D eigenvalue weighted by Gasteiger charge is -2.37. The highest BCUT2D eigenvalue weighted by Crippen LogP contribution is 2.28. The lowest BCUT2D eigenvalue weighted by atomic mass is 10.0. The lowest BCUT2D eigenvalue weighted by molar-refractivity contribution is 0.0773. The van der Waals surface area contributed by atoms with E-state index in [0.717, 1.165) is 68.2 Å². The third-order valence-electron chi connectivity index (χ3n) is 4.93. The molecule has 2 heterocycles. The van der Waals surface area contributed by atoms with Crippen LogP contribution in [0.1, 0.15) is 18.9 Å². The van der Waals surface area contributed by atoms with E-state index in [1.54, 1.807) is 0 Å². The summed E-state index contributed by atoms with van der Waals surface area (Å²) in [7, 11) is 0. The van der Waals surface area contributed by atoms with Crippen molar-refractivity contribution in [1.29, 1.82) is 0 Å². The smallest absolute Gasteiger partial charge is 0.194 e. The molecular weight excluding hydrogens is 368 g/mol. The SMILES string of the molecule is CCNC(=NCC1(O)CCSC1)N1CCN(Cc2ccc(Cl)cc2)CC1. The van der Waals surface area contributed by atoms with Gasteiger partial charge in [-0.2, -0.15) is 11.8 Å². The second-order valence-electron chi connectivity index (χ2n) is 7.09. The van der Waals surface area contributed by atoms with Gasteiger partial charge in [0.05, 0.1) is 12.1 Å². The van der Waals surface area contributed by atoms with Gasteiger partial charge >= 0.3 is 0 Å².